The van der Waals surface area contributed by atoms with E-state index in [1.165, 1.54) is 18.1 Å². The van der Waals surface area contributed by atoms with Crippen molar-refractivity contribution in [3.05, 3.63) is 89.2 Å². The van der Waals surface area contributed by atoms with Crippen LogP contribution in [0.5, 0.6) is 5.88 Å². The molecule has 11 heteroatoms. The molecule has 10 nitrogen and oxygen atoms in total. The molecule has 0 spiro atoms. The van der Waals surface area contributed by atoms with Crippen LogP contribution >= 0.6 is 0 Å². The summed E-state index contributed by atoms with van der Waals surface area (Å²) in [6, 6.07) is 15.0. The summed E-state index contributed by atoms with van der Waals surface area (Å²) < 4.78 is 18.3. The highest BCUT2D eigenvalue weighted by Gasteiger charge is 2.31. The number of aryl methyl sites for hydroxylation is 1. The van der Waals surface area contributed by atoms with Crippen LogP contribution in [0.2, 0.25) is 0 Å². The SMILES string of the molecule is COc1ncccc1Nc1ncc2c(n1)N(C)C(=O)N(c1cc(NC(=O)c3cccc(CF)c3)ccc1C)C2. The molecule has 2 N–H and O–H groups in total. The minimum Gasteiger partial charge on any atom is -0.480 e. The lowest BCUT2D eigenvalue weighted by Crippen LogP contribution is -2.46. The Balaban J connectivity index is 1.39. The van der Waals surface area contributed by atoms with E-state index in [2.05, 4.69) is 25.6 Å². The normalized spacial score (nSPS) is 12.7. The zero-order chi connectivity index (χ0) is 27.5. The number of fused-ring (bicyclic) bond motifs is 1. The second kappa shape index (κ2) is 10.7. The Hall–Kier alpha value is -5.06. The first-order valence-corrected chi connectivity index (χ1v) is 12.1. The average Bonchev–Trinajstić information content (AvgIpc) is 2.96. The number of urea groups is 1. The van der Waals surface area contributed by atoms with Crippen molar-refractivity contribution in [3.8, 4) is 5.88 Å². The number of anilines is 5. The average molecular weight is 528 g/mol. The molecule has 1 aliphatic heterocycles. The first-order chi connectivity index (χ1) is 18.9. The number of carbonyl (C=O) groups excluding carboxylic acids is 2. The summed E-state index contributed by atoms with van der Waals surface area (Å²) in [4.78, 5) is 42.4. The van der Waals surface area contributed by atoms with Gasteiger partial charge < -0.3 is 15.4 Å². The van der Waals surface area contributed by atoms with Crippen LogP contribution in [0.15, 0.2) is 67.0 Å². The topological polar surface area (TPSA) is 113 Å². The van der Waals surface area contributed by atoms with E-state index in [-0.39, 0.29) is 18.5 Å². The van der Waals surface area contributed by atoms with Gasteiger partial charge in [-0.15, -0.1) is 0 Å². The van der Waals surface area contributed by atoms with E-state index in [1.54, 1.807) is 66.8 Å². The van der Waals surface area contributed by atoms with Gasteiger partial charge in [0.15, 0.2) is 0 Å². The number of amides is 3. The van der Waals surface area contributed by atoms with Gasteiger partial charge in [0.05, 0.1) is 19.3 Å². The molecule has 0 aliphatic carbocycles. The molecule has 0 saturated carbocycles. The maximum absolute atomic E-state index is 13.5. The molecule has 0 atom stereocenters. The summed E-state index contributed by atoms with van der Waals surface area (Å²) in [5.41, 5.74) is 4.10. The van der Waals surface area contributed by atoms with Crippen LogP contribution in [0.4, 0.5) is 38.0 Å². The lowest BCUT2D eigenvalue weighted by atomic mass is 10.1. The van der Waals surface area contributed by atoms with Crippen molar-refractivity contribution in [2.45, 2.75) is 20.1 Å². The zero-order valence-corrected chi connectivity index (χ0v) is 21.6. The lowest BCUT2D eigenvalue weighted by Gasteiger charge is -2.35. The van der Waals surface area contributed by atoms with Crippen molar-refractivity contribution < 1.29 is 18.7 Å². The Kier molecular flexibility index (Phi) is 7.04. The van der Waals surface area contributed by atoms with E-state index >= 15 is 0 Å². The molecule has 0 saturated heterocycles. The number of rotatable bonds is 7. The zero-order valence-electron chi connectivity index (χ0n) is 21.6. The molecule has 0 unspecified atom stereocenters. The number of nitrogens with zero attached hydrogens (tertiary/aromatic N) is 5. The molecule has 0 fully saturated rings. The molecule has 0 radical (unpaired) electrons. The minimum absolute atomic E-state index is 0.242. The third kappa shape index (κ3) is 5.19. The van der Waals surface area contributed by atoms with Crippen molar-refractivity contribution in [1.82, 2.24) is 15.0 Å². The van der Waals surface area contributed by atoms with Gasteiger partial charge in [0.25, 0.3) is 5.91 Å². The van der Waals surface area contributed by atoms with Crippen LogP contribution < -0.4 is 25.2 Å². The van der Waals surface area contributed by atoms with Crippen LogP contribution in [0.1, 0.15) is 27.0 Å². The molecule has 3 amide bonds. The summed E-state index contributed by atoms with van der Waals surface area (Å²) in [6.45, 7) is 1.48. The Labute approximate surface area is 224 Å². The number of nitrogens with one attached hydrogen (secondary N) is 2. The summed E-state index contributed by atoms with van der Waals surface area (Å²) in [6.07, 6.45) is 3.29. The van der Waals surface area contributed by atoms with Crippen molar-refractivity contribution in [1.29, 1.82) is 0 Å². The quantitative estimate of drug-likeness (QED) is 0.338. The molecule has 39 heavy (non-hydrogen) atoms. The van der Waals surface area contributed by atoms with E-state index < -0.39 is 6.67 Å². The summed E-state index contributed by atoms with van der Waals surface area (Å²) in [5.74, 6) is 0.801. The van der Waals surface area contributed by atoms with Gasteiger partial charge >= 0.3 is 6.03 Å². The lowest BCUT2D eigenvalue weighted by molar-refractivity contribution is 0.102. The van der Waals surface area contributed by atoms with Gasteiger partial charge in [0, 0.05) is 36.3 Å². The summed E-state index contributed by atoms with van der Waals surface area (Å²) >= 11 is 0. The molecule has 3 heterocycles. The number of halogens is 1. The molecule has 0 bridgehead atoms. The maximum atomic E-state index is 13.5. The van der Waals surface area contributed by atoms with Crippen LogP contribution in [-0.4, -0.2) is 41.0 Å². The number of ether oxygens (including phenoxy) is 1. The number of carbonyl (C=O) groups is 2. The van der Waals surface area contributed by atoms with Gasteiger partial charge in [0.2, 0.25) is 11.8 Å². The molecule has 4 aromatic rings. The highest BCUT2D eigenvalue weighted by Crippen LogP contribution is 2.34. The van der Waals surface area contributed by atoms with E-state index in [0.717, 1.165) is 11.1 Å². The first-order valence-electron chi connectivity index (χ1n) is 12.1. The van der Waals surface area contributed by atoms with Crippen molar-refractivity contribution >= 4 is 40.8 Å². The fraction of sp³-hybridized carbons (Fsp3) is 0.179. The molecular weight excluding hydrogens is 501 g/mol. The Bertz CT molecular complexity index is 1560. The number of alkyl halides is 1. The van der Waals surface area contributed by atoms with Crippen LogP contribution in [0, 0.1) is 6.92 Å². The summed E-state index contributed by atoms with van der Waals surface area (Å²) in [5, 5.41) is 5.93. The molecule has 198 valence electrons. The van der Waals surface area contributed by atoms with Gasteiger partial charge in [0.1, 0.15) is 18.2 Å². The van der Waals surface area contributed by atoms with Crippen molar-refractivity contribution in [2.24, 2.45) is 0 Å². The molecule has 1 aliphatic rings. The number of methoxy groups -OCH3 is 1. The van der Waals surface area contributed by atoms with Crippen molar-refractivity contribution in [2.75, 3.05) is 34.6 Å². The van der Waals surface area contributed by atoms with E-state index in [9.17, 15) is 14.0 Å². The number of benzene rings is 2. The first kappa shape index (κ1) is 25.6. The Morgan fingerprint density at radius 2 is 1.97 bits per heavy atom. The van der Waals surface area contributed by atoms with E-state index in [1.807, 2.05) is 13.0 Å². The molecule has 5 rings (SSSR count). The van der Waals surface area contributed by atoms with Gasteiger partial charge in [-0.1, -0.05) is 18.2 Å². The number of hydrogen-bond donors (Lipinski definition) is 2. The van der Waals surface area contributed by atoms with Gasteiger partial charge in [-0.3, -0.25) is 14.6 Å². The number of aromatic nitrogens is 3. The predicted molar refractivity (Wildman–Crippen MR) is 146 cm³/mol. The smallest absolute Gasteiger partial charge is 0.330 e. The number of hydrogen-bond acceptors (Lipinski definition) is 7. The largest absolute Gasteiger partial charge is 0.480 e. The monoisotopic (exact) mass is 527 g/mol. The Morgan fingerprint density at radius 3 is 2.77 bits per heavy atom. The third-order valence-corrected chi connectivity index (χ3v) is 6.32. The molecule has 2 aromatic heterocycles. The standard InChI is InChI=1S/C28H26FN7O3/c1-17-9-10-21(32-25(37)19-7-4-6-18(12-19)14-29)13-23(17)36-16-20-15-31-27(34-24(20)35(2)28(36)38)33-22-8-5-11-30-26(22)39-3/h4-13,15H,14,16H2,1-3H3,(H,32,37)(H,31,33,34). The fourth-order valence-corrected chi connectivity index (χ4v) is 4.30. The molecular formula is C28H26FN7O3. The highest BCUT2D eigenvalue weighted by molar-refractivity contribution is 6.07. The minimum atomic E-state index is -0.652. The predicted octanol–water partition coefficient (Wildman–Crippen LogP) is 5.23. The second-order valence-corrected chi connectivity index (χ2v) is 8.94. The maximum Gasteiger partial charge on any atom is 0.330 e. The van der Waals surface area contributed by atoms with Crippen LogP contribution in [0.25, 0.3) is 0 Å². The van der Waals surface area contributed by atoms with Gasteiger partial charge in [-0.25, -0.2) is 19.2 Å². The van der Waals surface area contributed by atoms with Crippen LogP contribution in [-0.2, 0) is 13.2 Å². The van der Waals surface area contributed by atoms with E-state index in [0.29, 0.717) is 45.8 Å². The highest BCUT2D eigenvalue weighted by atomic mass is 19.1. The van der Waals surface area contributed by atoms with Crippen molar-refractivity contribution in [3.63, 3.8) is 0 Å². The van der Waals surface area contributed by atoms with Gasteiger partial charge in [-0.05, 0) is 54.4 Å². The van der Waals surface area contributed by atoms with E-state index in [4.69, 9.17) is 4.74 Å². The summed E-state index contributed by atoms with van der Waals surface area (Å²) in [7, 11) is 3.17. The Morgan fingerprint density at radius 1 is 1.13 bits per heavy atom. The fourth-order valence-electron chi connectivity index (χ4n) is 4.30. The molecule has 2 aromatic carbocycles. The number of pyridine rings is 1. The second-order valence-electron chi connectivity index (χ2n) is 8.94. The third-order valence-electron chi connectivity index (χ3n) is 6.32. The van der Waals surface area contributed by atoms with Crippen LogP contribution in [0.3, 0.4) is 0 Å². The van der Waals surface area contributed by atoms with Gasteiger partial charge in [-0.2, -0.15) is 4.98 Å².